The topological polar surface area (TPSA) is 84.9 Å². The summed E-state index contributed by atoms with van der Waals surface area (Å²) in [6.45, 7) is 1.76. The fourth-order valence-electron chi connectivity index (χ4n) is 1.51. The van der Waals surface area contributed by atoms with Crippen LogP contribution >= 0.6 is 0 Å². The van der Waals surface area contributed by atoms with Crippen LogP contribution in [0, 0.1) is 0 Å². The number of ether oxygens (including phenoxy) is 3. The van der Waals surface area contributed by atoms with Crippen molar-refractivity contribution >= 4 is 11.9 Å². The number of aromatic carboxylic acids is 1. The zero-order valence-electron chi connectivity index (χ0n) is 10.3. The first-order valence-corrected chi connectivity index (χ1v) is 5.20. The van der Waals surface area contributed by atoms with Crippen molar-refractivity contribution in [3.63, 3.8) is 0 Å². The van der Waals surface area contributed by atoms with Gasteiger partial charge in [0.2, 0.25) is 0 Å². The predicted octanol–water partition coefficient (Wildman–Crippen LogP) is 0.244. The second kappa shape index (κ2) is 5.90. The summed E-state index contributed by atoms with van der Waals surface area (Å²) in [5, 5.41) is 11.1. The Morgan fingerprint density at radius 1 is 1.22 bits per heavy atom. The maximum Gasteiger partial charge on any atom is 0.338 e. The molecular weight excluding hydrogens is 240 g/mol. The van der Waals surface area contributed by atoms with Crippen LogP contribution in [0.5, 0.6) is 11.5 Å². The summed E-state index contributed by atoms with van der Waals surface area (Å²) >= 11 is 0. The summed E-state index contributed by atoms with van der Waals surface area (Å²) < 4.78 is 14.7. The molecule has 0 saturated carbocycles. The molecule has 0 bridgehead atoms. The molecule has 6 nitrogen and oxygen atoms in total. The van der Waals surface area contributed by atoms with Crippen LogP contribution < -0.4 is 14.6 Å². The van der Waals surface area contributed by atoms with Crippen LogP contribution in [0.25, 0.3) is 0 Å². The molecule has 0 aliphatic carbocycles. The number of benzene rings is 1. The highest BCUT2D eigenvalue weighted by Crippen LogP contribution is 2.33. The summed E-state index contributed by atoms with van der Waals surface area (Å²) in [5.41, 5.74) is -0.509. The Kier molecular flexibility index (Phi) is 4.53. The van der Waals surface area contributed by atoms with Gasteiger partial charge in [0.25, 0.3) is 0 Å². The Hall–Kier alpha value is -2.24. The smallest absolute Gasteiger partial charge is 0.338 e. The Labute approximate surface area is 104 Å². The molecule has 0 radical (unpaired) electrons. The molecule has 0 aliphatic rings. The quantitative estimate of drug-likeness (QED) is 0.699. The lowest BCUT2D eigenvalue weighted by atomic mass is 10.1. The van der Waals surface area contributed by atoms with Crippen molar-refractivity contribution in [2.24, 2.45) is 0 Å². The molecule has 1 rings (SSSR count). The second-order valence-corrected chi connectivity index (χ2v) is 3.23. The number of hydrogen-bond donors (Lipinski definition) is 0. The van der Waals surface area contributed by atoms with Crippen LogP contribution in [0.15, 0.2) is 12.1 Å². The van der Waals surface area contributed by atoms with Crippen molar-refractivity contribution in [1.82, 2.24) is 0 Å². The van der Waals surface area contributed by atoms with Gasteiger partial charge in [-0.1, -0.05) is 0 Å². The minimum Gasteiger partial charge on any atom is -0.545 e. The number of esters is 1. The van der Waals surface area contributed by atoms with E-state index in [1.165, 1.54) is 26.4 Å². The average molecular weight is 253 g/mol. The molecule has 1 aromatic carbocycles. The molecular formula is C12H13O6-. The van der Waals surface area contributed by atoms with Gasteiger partial charge in [0.05, 0.1) is 37.9 Å². The highest BCUT2D eigenvalue weighted by Gasteiger charge is 2.21. The van der Waals surface area contributed by atoms with E-state index < -0.39 is 11.9 Å². The molecule has 0 fully saturated rings. The fourth-order valence-corrected chi connectivity index (χ4v) is 1.51. The summed E-state index contributed by atoms with van der Waals surface area (Å²) in [6, 6.07) is 2.72. The number of rotatable bonds is 5. The molecule has 18 heavy (non-hydrogen) atoms. The van der Waals surface area contributed by atoms with E-state index in [0.29, 0.717) is 0 Å². The molecule has 0 spiro atoms. The van der Waals surface area contributed by atoms with Gasteiger partial charge in [-0.15, -0.1) is 0 Å². The van der Waals surface area contributed by atoms with Crippen LogP contribution in [0.4, 0.5) is 0 Å². The van der Waals surface area contributed by atoms with Gasteiger partial charge in [-0.25, -0.2) is 4.79 Å². The molecule has 0 N–H and O–H groups in total. The molecule has 0 aliphatic heterocycles. The Morgan fingerprint density at radius 2 is 1.89 bits per heavy atom. The van der Waals surface area contributed by atoms with Crippen LogP contribution in [0.2, 0.25) is 0 Å². The molecule has 0 amide bonds. The molecule has 6 heteroatoms. The van der Waals surface area contributed by atoms with E-state index in [1.807, 2.05) is 0 Å². The van der Waals surface area contributed by atoms with Crippen molar-refractivity contribution in [2.75, 3.05) is 20.8 Å². The van der Waals surface area contributed by atoms with E-state index >= 15 is 0 Å². The Balaban J connectivity index is 3.44. The molecule has 98 valence electrons. The SMILES string of the molecule is CCOC(=O)c1ccc(OC)c(OC)c1C(=O)[O-]. The molecule has 0 heterocycles. The standard InChI is InChI=1S/C12H14O6/c1-4-18-12(15)7-5-6-8(16-2)10(17-3)9(7)11(13)14/h5-6H,4H2,1-3H3,(H,13,14)/p-1. The van der Waals surface area contributed by atoms with Crippen molar-refractivity contribution in [1.29, 1.82) is 0 Å². The number of hydrogen-bond acceptors (Lipinski definition) is 6. The number of methoxy groups -OCH3 is 2. The van der Waals surface area contributed by atoms with Crippen molar-refractivity contribution in [2.45, 2.75) is 6.92 Å². The molecule has 0 unspecified atom stereocenters. The first-order chi connectivity index (χ1) is 8.56. The maximum absolute atomic E-state index is 11.6. The lowest BCUT2D eigenvalue weighted by Crippen LogP contribution is -2.26. The molecule has 1 aromatic rings. The summed E-state index contributed by atoms with van der Waals surface area (Å²) in [5.74, 6) is -2.15. The number of carboxylic acid groups (broad SMARTS) is 1. The van der Waals surface area contributed by atoms with Gasteiger partial charge in [-0.05, 0) is 19.1 Å². The number of carbonyl (C=O) groups excluding carboxylic acids is 2. The summed E-state index contributed by atoms with van der Waals surface area (Å²) in [4.78, 5) is 22.8. The van der Waals surface area contributed by atoms with E-state index in [4.69, 9.17) is 14.2 Å². The van der Waals surface area contributed by atoms with Gasteiger partial charge in [-0.2, -0.15) is 0 Å². The number of carboxylic acids is 1. The lowest BCUT2D eigenvalue weighted by Gasteiger charge is -2.16. The van der Waals surface area contributed by atoms with Gasteiger partial charge in [-0.3, -0.25) is 0 Å². The van der Waals surface area contributed by atoms with Crippen LogP contribution in [-0.2, 0) is 4.74 Å². The highest BCUT2D eigenvalue weighted by atomic mass is 16.5. The summed E-state index contributed by atoms with van der Waals surface area (Å²) in [6.07, 6.45) is 0. The van der Waals surface area contributed by atoms with Gasteiger partial charge < -0.3 is 24.1 Å². The molecule has 0 aromatic heterocycles. The Bertz CT molecular complexity index is 466. The fraction of sp³-hybridized carbons (Fsp3) is 0.333. The minimum absolute atomic E-state index is 0.0666. The van der Waals surface area contributed by atoms with E-state index in [9.17, 15) is 14.7 Å². The van der Waals surface area contributed by atoms with E-state index in [1.54, 1.807) is 6.92 Å². The van der Waals surface area contributed by atoms with E-state index in [2.05, 4.69) is 0 Å². The van der Waals surface area contributed by atoms with Gasteiger partial charge in [0.1, 0.15) is 0 Å². The largest absolute Gasteiger partial charge is 0.545 e. The van der Waals surface area contributed by atoms with Crippen LogP contribution in [-0.4, -0.2) is 32.8 Å². The zero-order valence-corrected chi connectivity index (χ0v) is 10.3. The lowest BCUT2D eigenvalue weighted by molar-refractivity contribution is -0.255. The monoisotopic (exact) mass is 253 g/mol. The highest BCUT2D eigenvalue weighted by molar-refractivity contribution is 6.04. The second-order valence-electron chi connectivity index (χ2n) is 3.23. The van der Waals surface area contributed by atoms with Gasteiger partial charge in [0, 0.05) is 0 Å². The van der Waals surface area contributed by atoms with Crippen molar-refractivity contribution in [3.05, 3.63) is 23.3 Å². The van der Waals surface area contributed by atoms with E-state index in [-0.39, 0.29) is 29.2 Å². The third-order valence-corrected chi connectivity index (χ3v) is 2.25. The van der Waals surface area contributed by atoms with E-state index in [0.717, 1.165) is 0 Å². The maximum atomic E-state index is 11.6. The van der Waals surface area contributed by atoms with Gasteiger partial charge in [0.15, 0.2) is 11.5 Å². The first-order valence-electron chi connectivity index (χ1n) is 5.20. The third-order valence-electron chi connectivity index (χ3n) is 2.25. The minimum atomic E-state index is -1.53. The number of carbonyl (C=O) groups is 2. The Morgan fingerprint density at radius 3 is 2.33 bits per heavy atom. The summed E-state index contributed by atoms with van der Waals surface area (Å²) in [7, 11) is 2.64. The van der Waals surface area contributed by atoms with Crippen LogP contribution in [0.3, 0.4) is 0 Å². The normalized spacial score (nSPS) is 9.72. The van der Waals surface area contributed by atoms with Crippen molar-refractivity contribution in [3.8, 4) is 11.5 Å². The molecule has 0 saturated heterocycles. The van der Waals surface area contributed by atoms with Crippen molar-refractivity contribution < 1.29 is 28.9 Å². The first kappa shape index (κ1) is 13.8. The average Bonchev–Trinajstić information content (AvgIpc) is 2.36. The van der Waals surface area contributed by atoms with Gasteiger partial charge >= 0.3 is 5.97 Å². The van der Waals surface area contributed by atoms with Crippen LogP contribution in [0.1, 0.15) is 27.6 Å². The zero-order chi connectivity index (χ0) is 13.7. The predicted molar refractivity (Wildman–Crippen MR) is 59.8 cm³/mol. The molecule has 0 atom stereocenters. The third kappa shape index (κ3) is 2.53.